The molecular weight excluding hydrogens is 425 g/mol. The van der Waals surface area contributed by atoms with Crippen LogP contribution in [-0.4, -0.2) is 39.9 Å². The number of rotatable bonds is 3. The third-order valence-electron chi connectivity index (χ3n) is 4.05. The van der Waals surface area contributed by atoms with Gasteiger partial charge in [0.25, 0.3) is 5.91 Å². The number of hydrogen-bond donors (Lipinski definition) is 2. The predicted molar refractivity (Wildman–Crippen MR) is 104 cm³/mol. The second-order valence-corrected chi connectivity index (χ2v) is 7.02. The highest BCUT2D eigenvalue weighted by atomic mass is 32.2. The van der Waals surface area contributed by atoms with Gasteiger partial charge in [-0.1, -0.05) is 11.8 Å². The van der Waals surface area contributed by atoms with Gasteiger partial charge in [-0.2, -0.15) is 0 Å². The van der Waals surface area contributed by atoms with Crippen molar-refractivity contribution in [3.05, 3.63) is 48.0 Å². The van der Waals surface area contributed by atoms with Gasteiger partial charge >= 0.3 is 6.36 Å². The van der Waals surface area contributed by atoms with Crippen molar-refractivity contribution in [2.75, 3.05) is 16.0 Å². The van der Waals surface area contributed by atoms with Gasteiger partial charge in [-0.05, 0) is 42.5 Å². The van der Waals surface area contributed by atoms with E-state index in [2.05, 4.69) is 20.3 Å². The van der Waals surface area contributed by atoms with E-state index >= 15 is 0 Å². The number of hydrogen-bond acceptors (Lipinski definition) is 7. The number of amidine groups is 1. The van der Waals surface area contributed by atoms with Crippen molar-refractivity contribution < 1.29 is 32.6 Å². The second kappa shape index (κ2) is 7.37. The molecule has 2 aromatic rings. The van der Waals surface area contributed by atoms with Crippen LogP contribution >= 0.6 is 11.8 Å². The molecule has 0 unspecified atom stereocenters. The van der Waals surface area contributed by atoms with E-state index in [-0.39, 0.29) is 39.5 Å². The predicted octanol–water partition coefficient (Wildman–Crippen LogP) is 3.08. The molecule has 2 aliphatic rings. The zero-order valence-electron chi connectivity index (χ0n) is 14.8. The van der Waals surface area contributed by atoms with Gasteiger partial charge in [-0.15, -0.1) is 23.4 Å². The van der Waals surface area contributed by atoms with E-state index in [4.69, 9.17) is 0 Å². The van der Waals surface area contributed by atoms with Crippen molar-refractivity contribution in [1.29, 1.82) is 0 Å². The smallest absolute Gasteiger partial charge is 0.508 e. The Labute approximate surface area is 171 Å². The molecule has 4 rings (SSSR count). The Bertz CT molecular complexity index is 1100. The van der Waals surface area contributed by atoms with Crippen LogP contribution in [0.4, 0.5) is 24.5 Å². The fraction of sp³-hybridized carbons (Fsp3) is 0.111. The number of carbonyl (C=O) groups excluding carboxylic acids is 2. The molecule has 2 amide bonds. The summed E-state index contributed by atoms with van der Waals surface area (Å²) in [5.74, 6) is -1.32. The molecular formula is C18H11F3N4O4S. The first-order chi connectivity index (χ1) is 14.2. The molecule has 2 heterocycles. The molecule has 2 N–H and O–H groups in total. The fourth-order valence-corrected chi connectivity index (χ4v) is 3.63. The number of alkyl halides is 3. The first kappa shape index (κ1) is 19.8. The maximum Gasteiger partial charge on any atom is 0.573 e. The van der Waals surface area contributed by atoms with Gasteiger partial charge in [-0.25, -0.2) is 0 Å². The van der Waals surface area contributed by atoms with Crippen LogP contribution in [0.3, 0.4) is 0 Å². The van der Waals surface area contributed by atoms with Crippen LogP contribution in [0.2, 0.25) is 0 Å². The molecule has 0 bridgehead atoms. The number of benzene rings is 2. The van der Waals surface area contributed by atoms with Crippen molar-refractivity contribution in [2.24, 2.45) is 10.2 Å². The Kier molecular flexibility index (Phi) is 4.86. The Balaban J connectivity index is 1.67. The van der Waals surface area contributed by atoms with Crippen LogP contribution in [-0.2, 0) is 9.59 Å². The number of carbonyl (C=O) groups is 2. The lowest BCUT2D eigenvalue weighted by Crippen LogP contribution is -2.29. The minimum atomic E-state index is -4.88. The lowest BCUT2D eigenvalue weighted by molar-refractivity contribution is -0.274. The van der Waals surface area contributed by atoms with E-state index in [0.29, 0.717) is 5.69 Å². The van der Waals surface area contributed by atoms with Crippen LogP contribution in [0, 0.1) is 0 Å². The van der Waals surface area contributed by atoms with Gasteiger partial charge in [0.15, 0.2) is 10.9 Å². The van der Waals surface area contributed by atoms with Crippen LogP contribution < -0.4 is 15.0 Å². The SMILES string of the molecule is O=C1Nc2ccc(OC(F)(F)F)cc2/C1=N/N=C1/SCC(=O)N1c1ccc(O)cc1. The number of anilines is 2. The Morgan fingerprint density at radius 2 is 1.83 bits per heavy atom. The molecule has 0 atom stereocenters. The molecule has 1 saturated heterocycles. The molecule has 2 aromatic carbocycles. The summed E-state index contributed by atoms with van der Waals surface area (Å²) in [6.45, 7) is 0. The maximum absolute atomic E-state index is 12.5. The zero-order chi connectivity index (χ0) is 21.5. The average molecular weight is 436 g/mol. The van der Waals surface area contributed by atoms with Gasteiger partial charge in [0.2, 0.25) is 5.91 Å². The number of phenols is 1. The summed E-state index contributed by atoms with van der Waals surface area (Å²) in [6.07, 6.45) is -4.88. The molecule has 0 radical (unpaired) electrons. The number of amides is 2. The molecule has 0 aromatic heterocycles. The Morgan fingerprint density at radius 1 is 1.10 bits per heavy atom. The molecule has 30 heavy (non-hydrogen) atoms. The first-order valence-electron chi connectivity index (χ1n) is 8.33. The van der Waals surface area contributed by atoms with Crippen LogP contribution in [0.5, 0.6) is 11.5 Å². The highest BCUT2D eigenvalue weighted by Crippen LogP contribution is 2.32. The lowest BCUT2D eigenvalue weighted by atomic mass is 10.1. The minimum Gasteiger partial charge on any atom is -0.508 e. The average Bonchev–Trinajstić information content (AvgIpc) is 3.18. The summed E-state index contributed by atoms with van der Waals surface area (Å²) in [5.41, 5.74) is 0.588. The van der Waals surface area contributed by atoms with Crippen molar-refractivity contribution >= 4 is 45.8 Å². The van der Waals surface area contributed by atoms with E-state index in [9.17, 15) is 27.9 Å². The van der Waals surface area contributed by atoms with E-state index in [1.54, 1.807) is 0 Å². The van der Waals surface area contributed by atoms with Crippen molar-refractivity contribution in [1.82, 2.24) is 0 Å². The second-order valence-electron chi connectivity index (χ2n) is 6.07. The molecule has 8 nitrogen and oxygen atoms in total. The minimum absolute atomic E-state index is 0.0212. The lowest BCUT2D eigenvalue weighted by Gasteiger charge is -2.15. The summed E-state index contributed by atoms with van der Waals surface area (Å²) in [5, 5.41) is 19.9. The highest BCUT2D eigenvalue weighted by molar-refractivity contribution is 8.15. The van der Waals surface area contributed by atoms with Gasteiger partial charge in [-0.3, -0.25) is 14.5 Å². The molecule has 2 aliphatic heterocycles. The maximum atomic E-state index is 12.5. The van der Waals surface area contributed by atoms with Crippen molar-refractivity contribution in [2.45, 2.75) is 6.36 Å². The molecule has 12 heteroatoms. The Morgan fingerprint density at radius 3 is 2.53 bits per heavy atom. The van der Waals surface area contributed by atoms with E-state index in [1.807, 2.05) is 0 Å². The Hall–Kier alpha value is -3.54. The van der Waals surface area contributed by atoms with E-state index < -0.39 is 18.0 Å². The summed E-state index contributed by atoms with van der Waals surface area (Å²) < 4.78 is 41.3. The van der Waals surface area contributed by atoms with Crippen molar-refractivity contribution in [3.8, 4) is 11.5 Å². The molecule has 1 fully saturated rings. The van der Waals surface area contributed by atoms with Crippen LogP contribution in [0.1, 0.15) is 5.56 Å². The number of aromatic hydroxyl groups is 1. The third-order valence-corrected chi connectivity index (χ3v) is 4.97. The highest BCUT2D eigenvalue weighted by Gasteiger charge is 2.34. The number of halogens is 3. The quantitative estimate of drug-likeness (QED) is 0.720. The van der Waals surface area contributed by atoms with Gasteiger partial charge in [0.05, 0.1) is 17.1 Å². The third kappa shape index (κ3) is 3.94. The largest absolute Gasteiger partial charge is 0.573 e. The van der Waals surface area contributed by atoms with Gasteiger partial charge < -0.3 is 15.2 Å². The summed E-state index contributed by atoms with van der Waals surface area (Å²) in [7, 11) is 0. The van der Waals surface area contributed by atoms with Crippen LogP contribution in [0.15, 0.2) is 52.7 Å². The summed E-state index contributed by atoms with van der Waals surface area (Å²) >= 11 is 1.09. The molecule has 0 spiro atoms. The summed E-state index contributed by atoms with van der Waals surface area (Å²) in [4.78, 5) is 25.7. The monoisotopic (exact) mass is 436 g/mol. The van der Waals surface area contributed by atoms with E-state index in [1.165, 1.54) is 35.2 Å². The zero-order valence-corrected chi connectivity index (χ0v) is 15.6. The van der Waals surface area contributed by atoms with E-state index in [0.717, 1.165) is 23.9 Å². The number of fused-ring (bicyclic) bond motifs is 1. The fourth-order valence-electron chi connectivity index (χ4n) is 2.81. The topological polar surface area (TPSA) is 104 Å². The number of nitrogens with zero attached hydrogens (tertiary/aromatic N) is 3. The number of thioether (sulfide) groups is 1. The number of nitrogens with one attached hydrogen (secondary N) is 1. The van der Waals surface area contributed by atoms with Crippen LogP contribution in [0.25, 0.3) is 0 Å². The molecule has 0 saturated carbocycles. The van der Waals surface area contributed by atoms with Crippen molar-refractivity contribution in [3.63, 3.8) is 0 Å². The first-order valence-corrected chi connectivity index (χ1v) is 9.32. The number of phenolic OH excluding ortho intramolecular Hbond substituents is 1. The molecule has 154 valence electrons. The standard InChI is InChI=1S/C18H11F3N4O4S/c19-18(20,21)29-11-5-6-13-12(7-11)15(16(28)22-13)23-24-17-25(14(27)8-30-17)9-1-3-10(26)4-2-9/h1-7,26H,8H2,(H,22,23,28)/b24-17+. The normalized spacial score (nSPS) is 18.8. The summed E-state index contributed by atoms with van der Waals surface area (Å²) in [6, 6.07) is 9.20. The number of ether oxygens (including phenoxy) is 1. The van der Waals surface area contributed by atoms with Gasteiger partial charge in [0.1, 0.15) is 11.5 Å². The molecule has 0 aliphatic carbocycles. The van der Waals surface area contributed by atoms with Gasteiger partial charge in [0, 0.05) is 5.56 Å².